The molecule has 0 radical (unpaired) electrons. The third-order valence-electron chi connectivity index (χ3n) is 8.46. The molecule has 3 heterocycles. The molecule has 35 heavy (non-hydrogen) atoms. The van der Waals surface area contributed by atoms with Crippen LogP contribution in [0.1, 0.15) is 53.4 Å². The van der Waals surface area contributed by atoms with E-state index < -0.39 is 35.1 Å². The maximum Gasteiger partial charge on any atom is 0.248 e. The number of amides is 3. The number of likely N-dealkylation sites (tertiary alicyclic amines) is 1. The average Bonchev–Trinajstić information content (AvgIpc) is 3.34. The smallest absolute Gasteiger partial charge is 0.248 e. The van der Waals surface area contributed by atoms with Crippen LogP contribution in [0.5, 0.6) is 0 Å². The van der Waals surface area contributed by atoms with Crippen LogP contribution in [0.4, 0.5) is 0 Å². The number of aliphatic hydroxyl groups is 1. The molecule has 7 atom stereocenters. The van der Waals surface area contributed by atoms with Crippen LogP contribution in [-0.4, -0.2) is 94.1 Å². The van der Waals surface area contributed by atoms with Gasteiger partial charge in [-0.15, -0.1) is 13.2 Å². The zero-order valence-electron chi connectivity index (χ0n) is 22.0. The summed E-state index contributed by atoms with van der Waals surface area (Å²) in [5.41, 5.74) is -1.96. The summed E-state index contributed by atoms with van der Waals surface area (Å²) in [5, 5.41) is 10.0. The third kappa shape index (κ3) is 4.22. The second-order valence-electron chi connectivity index (χ2n) is 10.8. The van der Waals surface area contributed by atoms with E-state index in [1.165, 1.54) is 4.90 Å². The van der Waals surface area contributed by atoms with Crippen molar-refractivity contribution in [1.29, 1.82) is 0 Å². The van der Waals surface area contributed by atoms with E-state index in [0.29, 0.717) is 26.1 Å². The fourth-order valence-corrected chi connectivity index (χ4v) is 6.59. The summed E-state index contributed by atoms with van der Waals surface area (Å²) in [6, 6.07) is -1.47. The maximum atomic E-state index is 14.2. The molecular weight excluding hydrogens is 446 g/mol. The Balaban J connectivity index is 2.10. The molecule has 1 N–H and O–H groups in total. The van der Waals surface area contributed by atoms with Gasteiger partial charge in [-0.3, -0.25) is 14.4 Å². The van der Waals surface area contributed by atoms with Crippen molar-refractivity contribution in [2.24, 2.45) is 17.8 Å². The zero-order valence-corrected chi connectivity index (χ0v) is 22.0. The Labute approximate surface area is 210 Å². The summed E-state index contributed by atoms with van der Waals surface area (Å²) in [6.45, 7) is 16.4. The molecule has 3 fully saturated rings. The van der Waals surface area contributed by atoms with Gasteiger partial charge in [0, 0.05) is 26.7 Å². The number of unbranched alkanes of at least 4 members (excludes halogenated alkanes) is 2. The van der Waals surface area contributed by atoms with Crippen LogP contribution in [0, 0.1) is 17.8 Å². The van der Waals surface area contributed by atoms with Crippen molar-refractivity contribution in [3.8, 4) is 0 Å². The minimum atomic E-state index is -1.11. The highest BCUT2D eigenvalue weighted by molar-refractivity contribution is 5.99. The number of nitrogens with zero attached hydrogens (tertiary/aromatic N) is 3. The van der Waals surface area contributed by atoms with Crippen molar-refractivity contribution in [2.45, 2.75) is 76.7 Å². The number of fused-ring (bicyclic) bond motifs is 1. The molecule has 3 aliphatic rings. The maximum absolute atomic E-state index is 14.2. The molecule has 3 saturated heterocycles. The molecule has 2 bridgehead atoms. The zero-order chi connectivity index (χ0) is 26.1. The lowest BCUT2D eigenvalue weighted by molar-refractivity contribution is -0.156. The predicted octanol–water partition coefficient (Wildman–Crippen LogP) is 2.23. The largest absolute Gasteiger partial charge is 0.394 e. The number of likely N-dealkylation sites (N-methyl/N-ethyl adjacent to an activating group) is 1. The van der Waals surface area contributed by atoms with Gasteiger partial charge in [-0.25, -0.2) is 0 Å². The summed E-state index contributed by atoms with van der Waals surface area (Å²) in [4.78, 5) is 46.7. The Kier molecular flexibility index (Phi) is 8.16. The highest BCUT2D eigenvalue weighted by atomic mass is 16.5. The Morgan fingerprint density at radius 3 is 2.49 bits per heavy atom. The van der Waals surface area contributed by atoms with Crippen LogP contribution in [-0.2, 0) is 19.1 Å². The highest BCUT2D eigenvalue weighted by Gasteiger charge is 2.80. The number of ether oxygens (including phenoxy) is 1. The van der Waals surface area contributed by atoms with Crippen molar-refractivity contribution in [1.82, 2.24) is 14.7 Å². The number of aliphatic hydroxyl groups excluding tert-OH is 1. The van der Waals surface area contributed by atoms with E-state index >= 15 is 0 Å². The molecule has 8 nitrogen and oxygen atoms in total. The van der Waals surface area contributed by atoms with Crippen LogP contribution < -0.4 is 0 Å². The standard InChI is InChI=1S/C27H43N3O5/c1-8-11-12-15-29(14-10-3)25(34)22-27-16-18(4)26(6,35-27)20(23(32)28(7)13-9-2)21(27)24(33)30(22)19(5)17-31/h9-10,18-22,31H,2-3,8,11-17H2,1,4-7H3/t18?,19-,20+,21+,22?,26-,27?/m1/s1. The number of hydrogen-bond donors (Lipinski definition) is 1. The number of rotatable bonds is 12. The Morgan fingerprint density at radius 2 is 1.91 bits per heavy atom. The number of hydrogen-bond acceptors (Lipinski definition) is 5. The van der Waals surface area contributed by atoms with E-state index in [2.05, 4.69) is 20.1 Å². The first kappa shape index (κ1) is 27.4. The highest BCUT2D eigenvalue weighted by Crippen LogP contribution is 2.65. The lowest BCUT2D eigenvalue weighted by atomic mass is 9.62. The molecule has 1 spiro atoms. The van der Waals surface area contributed by atoms with Gasteiger partial charge in [0.1, 0.15) is 11.6 Å². The van der Waals surface area contributed by atoms with Crippen molar-refractivity contribution < 1.29 is 24.2 Å². The molecule has 8 heteroatoms. The van der Waals surface area contributed by atoms with Crippen LogP contribution >= 0.6 is 0 Å². The van der Waals surface area contributed by atoms with Gasteiger partial charge < -0.3 is 24.5 Å². The molecule has 0 aromatic heterocycles. The molecule has 3 amide bonds. The fraction of sp³-hybridized carbons (Fsp3) is 0.741. The van der Waals surface area contributed by atoms with E-state index in [1.807, 2.05) is 13.8 Å². The molecule has 0 aliphatic carbocycles. The minimum Gasteiger partial charge on any atom is -0.394 e. The number of carbonyl (C=O) groups excluding carboxylic acids is 3. The van der Waals surface area contributed by atoms with Crippen LogP contribution in [0.3, 0.4) is 0 Å². The van der Waals surface area contributed by atoms with Crippen LogP contribution in [0.15, 0.2) is 25.3 Å². The van der Waals surface area contributed by atoms with Crippen LogP contribution in [0.25, 0.3) is 0 Å². The van der Waals surface area contributed by atoms with Gasteiger partial charge in [0.2, 0.25) is 17.7 Å². The first-order valence-electron chi connectivity index (χ1n) is 12.9. The summed E-state index contributed by atoms with van der Waals surface area (Å²) in [5.74, 6) is -2.14. The fourth-order valence-electron chi connectivity index (χ4n) is 6.59. The van der Waals surface area contributed by atoms with Crippen molar-refractivity contribution in [3.63, 3.8) is 0 Å². The minimum absolute atomic E-state index is 0.0229. The normalized spacial score (nSPS) is 34.0. The second-order valence-corrected chi connectivity index (χ2v) is 10.8. The van der Waals surface area contributed by atoms with Gasteiger partial charge in [-0.1, -0.05) is 38.8 Å². The third-order valence-corrected chi connectivity index (χ3v) is 8.46. The molecule has 3 aliphatic heterocycles. The Hall–Kier alpha value is -2.19. The SMILES string of the molecule is C=CCN(C)C(=O)[C@@H]1[C@H]2C(=O)N([C@H](C)CO)C(C(=O)N(CC=C)CCCCC)C23CC(C)[C@@]1(C)O3. The average molecular weight is 490 g/mol. The summed E-state index contributed by atoms with van der Waals surface area (Å²) in [7, 11) is 1.70. The van der Waals surface area contributed by atoms with E-state index in [4.69, 9.17) is 4.74 Å². The molecule has 196 valence electrons. The van der Waals surface area contributed by atoms with E-state index in [9.17, 15) is 19.5 Å². The lowest BCUT2D eigenvalue weighted by Crippen LogP contribution is -2.58. The van der Waals surface area contributed by atoms with E-state index in [-0.39, 0.29) is 30.2 Å². The monoisotopic (exact) mass is 489 g/mol. The van der Waals surface area contributed by atoms with E-state index in [0.717, 1.165) is 19.3 Å². The second kappa shape index (κ2) is 10.4. The van der Waals surface area contributed by atoms with Crippen molar-refractivity contribution in [2.75, 3.05) is 33.3 Å². The van der Waals surface area contributed by atoms with Gasteiger partial charge in [-0.05, 0) is 32.6 Å². The lowest BCUT2D eigenvalue weighted by Gasteiger charge is -2.39. The summed E-state index contributed by atoms with van der Waals surface area (Å²) >= 11 is 0. The topological polar surface area (TPSA) is 90.4 Å². The first-order valence-corrected chi connectivity index (χ1v) is 12.9. The van der Waals surface area contributed by atoms with Gasteiger partial charge in [0.15, 0.2) is 0 Å². The Bertz CT molecular complexity index is 862. The van der Waals surface area contributed by atoms with Gasteiger partial charge in [0.25, 0.3) is 0 Å². The molecule has 3 unspecified atom stereocenters. The van der Waals surface area contributed by atoms with E-state index in [1.54, 1.807) is 35.9 Å². The quantitative estimate of drug-likeness (QED) is 0.335. The molecule has 0 saturated carbocycles. The van der Waals surface area contributed by atoms with Gasteiger partial charge in [-0.2, -0.15) is 0 Å². The van der Waals surface area contributed by atoms with Gasteiger partial charge in [0.05, 0.1) is 30.1 Å². The summed E-state index contributed by atoms with van der Waals surface area (Å²) in [6.07, 6.45) is 6.73. The first-order chi connectivity index (χ1) is 16.5. The van der Waals surface area contributed by atoms with Crippen molar-refractivity contribution in [3.05, 3.63) is 25.3 Å². The van der Waals surface area contributed by atoms with Gasteiger partial charge >= 0.3 is 0 Å². The molecular formula is C27H43N3O5. The Morgan fingerprint density at radius 1 is 1.26 bits per heavy atom. The number of carbonyl (C=O) groups is 3. The summed E-state index contributed by atoms with van der Waals surface area (Å²) < 4.78 is 6.74. The molecule has 0 aromatic carbocycles. The predicted molar refractivity (Wildman–Crippen MR) is 134 cm³/mol. The molecule has 3 rings (SSSR count). The molecule has 0 aromatic rings. The van der Waals surface area contributed by atoms with Crippen molar-refractivity contribution >= 4 is 17.7 Å². The van der Waals surface area contributed by atoms with Crippen LogP contribution in [0.2, 0.25) is 0 Å².